The molecule has 0 aromatic heterocycles. The van der Waals surface area contributed by atoms with Crippen LogP contribution in [0.5, 0.6) is 0 Å². The van der Waals surface area contributed by atoms with Crippen LogP contribution in [0.15, 0.2) is 65.7 Å². The first kappa shape index (κ1) is 26.4. The molecule has 2 aromatic carbocycles. The third kappa shape index (κ3) is 5.37. The molecule has 1 aliphatic heterocycles. The van der Waals surface area contributed by atoms with Gasteiger partial charge in [-0.25, -0.2) is 12.8 Å². The normalized spacial score (nSPS) is 21.2. The molecule has 2 fully saturated rings. The van der Waals surface area contributed by atoms with E-state index in [1.54, 1.807) is 61.5 Å². The van der Waals surface area contributed by atoms with Gasteiger partial charge in [-0.05, 0) is 55.2 Å². The Morgan fingerprint density at radius 1 is 1.08 bits per heavy atom. The monoisotopic (exact) mass is 530 g/mol. The molecule has 6 nitrogen and oxygen atoms in total. The van der Waals surface area contributed by atoms with Gasteiger partial charge in [0.15, 0.2) is 5.78 Å². The van der Waals surface area contributed by atoms with Crippen LogP contribution in [-0.2, 0) is 18.5 Å². The Hall–Kier alpha value is -2.65. The quantitative estimate of drug-likeness (QED) is 0.466. The number of hydrogen-bond acceptors (Lipinski definition) is 6. The van der Waals surface area contributed by atoms with Gasteiger partial charge < -0.3 is 9.80 Å². The summed E-state index contributed by atoms with van der Waals surface area (Å²) in [5.74, 6) is -1.89. The van der Waals surface area contributed by atoms with Crippen molar-refractivity contribution >= 4 is 31.4 Å². The lowest BCUT2D eigenvalue weighted by molar-refractivity contribution is -0.134. The fourth-order valence-corrected chi connectivity index (χ4v) is 8.39. The predicted molar refractivity (Wildman–Crippen MR) is 139 cm³/mol. The summed E-state index contributed by atoms with van der Waals surface area (Å²) in [4.78, 5) is 30.0. The highest BCUT2D eigenvalue weighted by atomic mass is 33.1. The highest BCUT2D eigenvalue weighted by molar-refractivity contribution is 8.72. The zero-order valence-electron chi connectivity index (χ0n) is 20.7. The number of halogens is 1. The van der Waals surface area contributed by atoms with Crippen LogP contribution in [0.1, 0.15) is 36.4 Å². The molecule has 0 radical (unpaired) electrons. The summed E-state index contributed by atoms with van der Waals surface area (Å²) < 4.78 is 41.4. The molecule has 1 heterocycles. The van der Waals surface area contributed by atoms with E-state index in [9.17, 15) is 22.4 Å². The molecule has 192 valence electrons. The molecule has 1 saturated carbocycles. The molecule has 1 aliphatic carbocycles. The van der Waals surface area contributed by atoms with Crippen molar-refractivity contribution in [1.82, 2.24) is 9.80 Å². The van der Waals surface area contributed by atoms with Gasteiger partial charge in [-0.2, -0.15) is 0 Å². The van der Waals surface area contributed by atoms with E-state index in [0.717, 1.165) is 29.2 Å². The zero-order chi connectivity index (χ0) is 26.2. The van der Waals surface area contributed by atoms with Crippen molar-refractivity contribution in [2.75, 3.05) is 20.6 Å². The van der Waals surface area contributed by atoms with Gasteiger partial charge in [-0.1, -0.05) is 42.5 Å². The molecule has 2 aromatic rings. The smallest absolute Gasteiger partial charge is 0.232 e. The van der Waals surface area contributed by atoms with E-state index >= 15 is 0 Å². The van der Waals surface area contributed by atoms with E-state index < -0.39 is 31.9 Å². The Bertz CT molecular complexity index is 1270. The van der Waals surface area contributed by atoms with Crippen LogP contribution in [-0.4, -0.2) is 55.8 Å². The van der Waals surface area contributed by atoms with Crippen molar-refractivity contribution in [3.05, 3.63) is 77.8 Å². The molecule has 3 atom stereocenters. The maximum Gasteiger partial charge on any atom is 0.232 e. The first-order valence-electron chi connectivity index (χ1n) is 12.0. The zero-order valence-corrected chi connectivity index (χ0v) is 22.3. The molecule has 36 heavy (non-hydrogen) atoms. The van der Waals surface area contributed by atoms with E-state index in [0.29, 0.717) is 12.1 Å². The highest BCUT2D eigenvalue weighted by Gasteiger charge is 2.47. The number of aryl methyl sites for hydroxylation is 1. The fourth-order valence-electron chi connectivity index (χ4n) is 4.63. The van der Waals surface area contributed by atoms with E-state index in [4.69, 9.17) is 0 Å². The average Bonchev–Trinajstić information content (AvgIpc) is 3.67. The second-order valence-electron chi connectivity index (χ2n) is 9.69. The molecule has 2 aliphatic rings. The summed E-state index contributed by atoms with van der Waals surface area (Å²) in [5.41, 5.74) is 1.55. The highest BCUT2D eigenvalue weighted by Crippen LogP contribution is 2.45. The molecule has 0 bridgehead atoms. The number of ketones is 1. The molecule has 0 spiro atoms. The third-order valence-corrected chi connectivity index (χ3v) is 10.7. The van der Waals surface area contributed by atoms with Crippen LogP contribution >= 0.6 is 10.8 Å². The summed E-state index contributed by atoms with van der Waals surface area (Å²) in [6.45, 7) is 6.34. The minimum Gasteiger partial charge on any atom is -0.361 e. The van der Waals surface area contributed by atoms with Crippen LogP contribution in [0, 0.1) is 24.6 Å². The second-order valence-corrected chi connectivity index (χ2v) is 13.8. The summed E-state index contributed by atoms with van der Waals surface area (Å²) in [6.07, 6.45) is 1.84. The topological polar surface area (TPSA) is 74.8 Å². The maximum absolute atomic E-state index is 14.9. The Balaban J connectivity index is 1.68. The number of rotatable bonds is 8. The lowest BCUT2D eigenvalue weighted by atomic mass is 9.88. The Kier molecular flexibility index (Phi) is 7.61. The minimum absolute atomic E-state index is 0.0873. The van der Waals surface area contributed by atoms with Gasteiger partial charge >= 0.3 is 0 Å². The molecule has 3 unspecified atom stereocenters. The Labute approximate surface area is 215 Å². The summed E-state index contributed by atoms with van der Waals surface area (Å²) in [5, 5.41) is -0.604. The van der Waals surface area contributed by atoms with Crippen LogP contribution in [0.3, 0.4) is 0 Å². The largest absolute Gasteiger partial charge is 0.361 e. The predicted octanol–water partition coefficient (Wildman–Crippen LogP) is 4.57. The minimum atomic E-state index is -3.75. The number of Topliss-reactive ketones (excluding diaryl/α,β-unsaturated/α-hetero) is 1. The van der Waals surface area contributed by atoms with Gasteiger partial charge in [0, 0.05) is 43.1 Å². The first-order chi connectivity index (χ1) is 17.0. The fraction of sp³-hybridized carbons (Fsp3) is 0.407. The van der Waals surface area contributed by atoms with Crippen molar-refractivity contribution in [3.63, 3.8) is 0 Å². The number of likely N-dealkylation sites (tertiary alicyclic amines) is 1. The van der Waals surface area contributed by atoms with Crippen molar-refractivity contribution in [3.8, 4) is 0 Å². The summed E-state index contributed by atoms with van der Waals surface area (Å²) in [6, 6.07) is 11.9. The SMILES string of the molecule is C=C1C(C(=O)N(C)C)C(SS(=O)(=O)c2ccc(C)cc2)CCN1C(C(=O)C1CC1)c1ccccc1F. The molecule has 4 rings (SSSR count). The van der Waals surface area contributed by atoms with Crippen LogP contribution in [0.25, 0.3) is 0 Å². The van der Waals surface area contributed by atoms with Gasteiger partial charge in [0.2, 0.25) is 14.8 Å². The molecule has 9 heteroatoms. The van der Waals surface area contributed by atoms with Crippen molar-refractivity contribution in [2.24, 2.45) is 11.8 Å². The lowest BCUT2D eigenvalue weighted by Crippen LogP contribution is -2.49. The lowest BCUT2D eigenvalue weighted by Gasteiger charge is -2.44. The molecular formula is C27H31FN2O4S2. The van der Waals surface area contributed by atoms with Crippen molar-refractivity contribution < 1.29 is 22.4 Å². The first-order valence-corrected chi connectivity index (χ1v) is 14.8. The van der Waals surface area contributed by atoms with Gasteiger partial charge in [0.1, 0.15) is 11.9 Å². The van der Waals surface area contributed by atoms with Gasteiger partial charge in [0.25, 0.3) is 0 Å². The number of nitrogens with zero attached hydrogens (tertiary/aromatic N) is 2. The van der Waals surface area contributed by atoms with Crippen LogP contribution < -0.4 is 0 Å². The van der Waals surface area contributed by atoms with Crippen LogP contribution in [0.4, 0.5) is 4.39 Å². The van der Waals surface area contributed by atoms with Gasteiger partial charge in [0.05, 0.1) is 10.8 Å². The number of benzene rings is 2. The second kappa shape index (κ2) is 10.4. The van der Waals surface area contributed by atoms with Crippen molar-refractivity contribution in [1.29, 1.82) is 0 Å². The van der Waals surface area contributed by atoms with E-state index in [-0.39, 0.29) is 34.6 Å². The standard InChI is InChI=1S/C27H31FN2O4S2/c1-17-9-13-20(14-10-17)36(33,34)35-23-15-16-30(18(2)24(23)27(32)29(3)4)25(26(31)19-11-12-19)21-7-5-6-8-22(21)28/h5-10,13-14,19,23-25H,2,11-12,15-16H2,1,3-4H3. The Morgan fingerprint density at radius 2 is 1.72 bits per heavy atom. The van der Waals surface area contributed by atoms with Crippen molar-refractivity contribution in [2.45, 2.75) is 42.4 Å². The average molecular weight is 531 g/mol. The molecule has 1 amide bonds. The molecular weight excluding hydrogens is 499 g/mol. The number of piperidine rings is 1. The number of hydrogen-bond donors (Lipinski definition) is 0. The summed E-state index contributed by atoms with van der Waals surface area (Å²) >= 11 is 0. The van der Waals surface area contributed by atoms with E-state index in [1.807, 2.05) is 6.92 Å². The third-order valence-electron chi connectivity index (χ3n) is 6.78. The van der Waals surface area contributed by atoms with E-state index in [2.05, 4.69) is 6.58 Å². The molecule has 1 saturated heterocycles. The number of carbonyl (C=O) groups is 2. The number of amides is 1. The maximum atomic E-state index is 14.9. The van der Waals surface area contributed by atoms with E-state index in [1.165, 1.54) is 11.0 Å². The van der Waals surface area contributed by atoms with Gasteiger partial charge in [-0.15, -0.1) is 0 Å². The Morgan fingerprint density at radius 3 is 2.31 bits per heavy atom. The number of carbonyl (C=O) groups excluding carboxylic acids is 2. The molecule has 0 N–H and O–H groups in total. The van der Waals surface area contributed by atoms with Gasteiger partial charge in [-0.3, -0.25) is 9.59 Å². The van der Waals surface area contributed by atoms with Crippen LogP contribution in [0.2, 0.25) is 0 Å². The summed E-state index contributed by atoms with van der Waals surface area (Å²) in [7, 11) is 0.219.